The van der Waals surface area contributed by atoms with Crippen LogP contribution < -0.4 is 19.1 Å². The number of methoxy groups -OCH3 is 2. The molecule has 11 heteroatoms. The Bertz CT molecular complexity index is 1380. The summed E-state index contributed by atoms with van der Waals surface area (Å²) in [5.41, 5.74) is 0.784. The predicted octanol–water partition coefficient (Wildman–Crippen LogP) is 3.59. The van der Waals surface area contributed by atoms with Gasteiger partial charge in [-0.1, -0.05) is 19.1 Å². The van der Waals surface area contributed by atoms with Crippen molar-refractivity contribution in [1.29, 1.82) is 0 Å². The molecule has 2 amide bonds. The zero-order valence-corrected chi connectivity index (χ0v) is 23.1. The number of halogens is 1. The second-order valence-electron chi connectivity index (χ2n) is 8.58. The molecule has 0 saturated carbocycles. The van der Waals surface area contributed by atoms with Gasteiger partial charge in [-0.05, 0) is 72.6 Å². The summed E-state index contributed by atoms with van der Waals surface area (Å²) in [4.78, 5) is 27.9. The standard InChI is InChI=1S/C28H32FN3O6S/c1-5-26(28(34)30-2)31(18-20-7-6-8-24(17-20)38-4)27(33)19-32(22-11-9-21(29)10-12-22)39(35,36)25-15-13-23(37-3)14-16-25/h6-17,26H,5,18-19H2,1-4H3,(H,30,34). The molecule has 0 radical (unpaired) electrons. The number of sulfonamides is 1. The molecule has 0 aliphatic heterocycles. The molecule has 0 saturated heterocycles. The van der Waals surface area contributed by atoms with E-state index in [1.54, 1.807) is 31.2 Å². The topological polar surface area (TPSA) is 105 Å². The van der Waals surface area contributed by atoms with Gasteiger partial charge in [-0.2, -0.15) is 0 Å². The lowest BCUT2D eigenvalue weighted by Gasteiger charge is -2.33. The molecule has 1 atom stereocenters. The number of carbonyl (C=O) groups excluding carboxylic acids is 2. The van der Waals surface area contributed by atoms with Gasteiger partial charge in [0.15, 0.2) is 0 Å². The number of hydrogen-bond acceptors (Lipinski definition) is 6. The fourth-order valence-corrected chi connectivity index (χ4v) is 5.48. The monoisotopic (exact) mass is 557 g/mol. The van der Waals surface area contributed by atoms with Gasteiger partial charge in [0.25, 0.3) is 10.0 Å². The molecule has 9 nitrogen and oxygen atoms in total. The molecule has 208 valence electrons. The summed E-state index contributed by atoms with van der Waals surface area (Å²) in [6.07, 6.45) is 0.289. The number of hydrogen-bond donors (Lipinski definition) is 1. The molecule has 1 N–H and O–H groups in total. The Morgan fingerprint density at radius 2 is 1.59 bits per heavy atom. The normalized spacial score (nSPS) is 11.8. The lowest BCUT2D eigenvalue weighted by molar-refractivity contribution is -0.140. The van der Waals surface area contributed by atoms with Gasteiger partial charge in [0.05, 0.1) is 24.8 Å². The largest absolute Gasteiger partial charge is 0.497 e. The van der Waals surface area contributed by atoms with Crippen molar-refractivity contribution < 1.29 is 31.9 Å². The molecule has 3 aromatic rings. The molecule has 3 aromatic carbocycles. The highest BCUT2D eigenvalue weighted by molar-refractivity contribution is 7.92. The minimum absolute atomic E-state index is 0.0296. The van der Waals surface area contributed by atoms with E-state index in [0.29, 0.717) is 17.1 Å². The molecule has 0 bridgehead atoms. The van der Waals surface area contributed by atoms with Crippen LogP contribution >= 0.6 is 0 Å². The van der Waals surface area contributed by atoms with Gasteiger partial charge in [0, 0.05) is 13.6 Å². The van der Waals surface area contributed by atoms with Gasteiger partial charge < -0.3 is 19.7 Å². The number of anilines is 1. The van der Waals surface area contributed by atoms with E-state index < -0.39 is 34.3 Å². The first-order chi connectivity index (χ1) is 18.6. The van der Waals surface area contributed by atoms with E-state index in [-0.39, 0.29) is 29.5 Å². The van der Waals surface area contributed by atoms with Crippen LogP contribution in [-0.4, -0.2) is 59.0 Å². The zero-order valence-electron chi connectivity index (χ0n) is 22.3. The first-order valence-electron chi connectivity index (χ1n) is 12.2. The van der Waals surface area contributed by atoms with Crippen molar-refractivity contribution in [2.24, 2.45) is 0 Å². The van der Waals surface area contributed by atoms with Gasteiger partial charge in [-0.15, -0.1) is 0 Å². The Morgan fingerprint density at radius 3 is 2.15 bits per heavy atom. The van der Waals surface area contributed by atoms with Gasteiger partial charge in [-0.25, -0.2) is 12.8 Å². The third kappa shape index (κ3) is 7.05. The molecular weight excluding hydrogens is 525 g/mol. The smallest absolute Gasteiger partial charge is 0.264 e. The van der Waals surface area contributed by atoms with E-state index in [4.69, 9.17) is 9.47 Å². The van der Waals surface area contributed by atoms with Crippen molar-refractivity contribution in [2.75, 3.05) is 32.1 Å². The Labute approximate surface area is 228 Å². The van der Waals surface area contributed by atoms with Crippen LogP contribution in [0.4, 0.5) is 10.1 Å². The zero-order chi connectivity index (χ0) is 28.6. The predicted molar refractivity (Wildman–Crippen MR) is 146 cm³/mol. The van der Waals surface area contributed by atoms with Crippen molar-refractivity contribution in [2.45, 2.75) is 30.8 Å². The lowest BCUT2D eigenvalue weighted by atomic mass is 10.1. The number of nitrogens with one attached hydrogen (secondary N) is 1. The minimum Gasteiger partial charge on any atom is -0.497 e. The molecule has 1 unspecified atom stereocenters. The summed E-state index contributed by atoms with van der Waals surface area (Å²) < 4.78 is 52.6. The SMILES string of the molecule is CCC(C(=O)NC)N(Cc1cccc(OC)c1)C(=O)CN(c1ccc(F)cc1)S(=O)(=O)c1ccc(OC)cc1. The van der Waals surface area contributed by atoms with Crippen molar-refractivity contribution in [3.8, 4) is 11.5 Å². The van der Waals surface area contributed by atoms with Crippen LogP contribution in [0.5, 0.6) is 11.5 Å². The van der Waals surface area contributed by atoms with E-state index in [0.717, 1.165) is 16.4 Å². The molecule has 3 rings (SSSR count). The van der Waals surface area contributed by atoms with Crippen LogP contribution in [0.3, 0.4) is 0 Å². The maximum absolute atomic E-state index is 13.9. The Balaban J connectivity index is 2.05. The highest BCUT2D eigenvalue weighted by Crippen LogP contribution is 2.26. The van der Waals surface area contributed by atoms with Crippen molar-refractivity contribution in [1.82, 2.24) is 10.2 Å². The van der Waals surface area contributed by atoms with Gasteiger partial charge in [-0.3, -0.25) is 13.9 Å². The number of nitrogens with zero attached hydrogens (tertiary/aromatic N) is 2. The first kappa shape index (κ1) is 29.4. The third-order valence-electron chi connectivity index (χ3n) is 6.16. The second-order valence-corrected chi connectivity index (χ2v) is 10.4. The van der Waals surface area contributed by atoms with Crippen LogP contribution in [0.15, 0.2) is 77.7 Å². The molecule has 39 heavy (non-hydrogen) atoms. The molecule has 0 aliphatic carbocycles. The van der Waals surface area contributed by atoms with Gasteiger partial charge in [0.1, 0.15) is 29.9 Å². The van der Waals surface area contributed by atoms with Crippen molar-refractivity contribution in [3.63, 3.8) is 0 Å². The molecule has 0 aliphatic rings. The van der Waals surface area contributed by atoms with E-state index in [2.05, 4.69) is 5.32 Å². The fraction of sp³-hybridized carbons (Fsp3) is 0.286. The summed E-state index contributed by atoms with van der Waals surface area (Å²) >= 11 is 0. The number of rotatable bonds is 12. The number of ether oxygens (including phenoxy) is 2. The Morgan fingerprint density at radius 1 is 0.949 bits per heavy atom. The summed E-state index contributed by atoms with van der Waals surface area (Å²) in [5, 5.41) is 2.57. The number of carbonyl (C=O) groups is 2. The van der Waals surface area contributed by atoms with Crippen molar-refractivity contribution in [3.05, 3.63) is 84.2 Å². The third-order valence-corrected chi connectivity index (χ3v) is 7.95. The Hall–Kier alpha value is -4.12. The fourth-order valence-electron chi connectivity index (χ4n) is 4.06. The van der Waals surface area contributed by atoms with Gasteiger partial charge in [0.2, 0.25) is 11.8 Å². The second kappa shape index (κ2) is 13.1. The van der Waals surface area contributed by atoms with Crippen LogP contribution in [0.25, 0.3) is 0 Å². The van der Waals surface area contributed by atoms with E-state index in [1.165, 1.54) is 62.6 Å². The maximum Gasteiger partial charge on any atom is 0.264 e. The van der Waals surface area contributed by atoms with Gasteiger partial charge >= 0.3 is 0 Å². The number of benzene rings is 3. The first-order valence-corrected chi connectivity index (χ1v) is 13.6. The summed E-state index contributed by atoms with van der Waals surface area (Å²) in [7, 11) is 0.174. The highest BCUT2D eigenvalue weighted by Gasteiger charge is 2.33. The Kier molecular flexibility index (Phi) is 9.89. The summed E-state index contributed by atoms with van der Waals surface area (Å²) in [6, 6.07) is 16.7. The minimum atomic E-state index is -4.28. The number of amides is 2. The summed E-state index contributed by atoms with van der Waals surface area (Å²) in [5.74, 6) is -0.533. The average Bonchev–Trinajstić information content (AvgIpc) is 2.96. The van der Waals surface area contributed by atoms with Crippen LogP contribution in [0, 0.1) is 5.82 Å². The van der Waals surface area contributed by atoms with Crippen LogP contribution in [0.1, 0.15) is 18.9 Å². The molecule has 0 fully saturated rings. The lowest BCUT2D eigenvalue weighted by Crippen LogP contribution is -2.51. The molecular formula is C28H32FN3O6S. The van der Waals surface area contributed by atoms with Crippen molar-refractivity contribution >= 4 is 27.5 Å². The maximum atomic E-state index is 13.9. The average molecular weight is 558 g/mol. The quantitative estimate of drug-likeness (QED) is 0.365. The molecule has 0 heterocycles. The van der Waals surface area contributed by atoms with E-state index in [1.807, 2.05) is 0 Å². The molecule has 0 spiro atoms. The molecule has 0 aromatic heterocycles. The highest BCUT2D eigenvalue weighted by atomic mass is 32.2. The number of likely N-dealkylation sites (N-methyl/N-ethyl adjacent to an activating group) is 1. The summed E-state index contributed by atoms with van der Waals surface area (Å²) in [6.45, 7) is 1.16. The van der Waals surface area contributed by atoms with Crippen LogP contribution in [0.2, 0.25) is 0 Å². The van der Waals surface area contributed by atoms with E-state index >= 15 is 0 Å². The van der Waals surface area contributed by atoms with E-state index in [9.17, 15) is 22.4 Å². The van der Waals surface area contributed by atoms with Crippen LogP contribution in [-0.2, 0) is 26.2 Å².